The van der Waals surface area contributed by atoms with Crippen molar-refractivity contribution in [3.8, 4) is 24.7 Å². The van der Waals surface area contributed by atoms with Crippen LogP contribution >= 0.6 is 0 Å². The van der Waals surface area contributed by atoms with Crippen LogP contribution in [0.3, 0.4) is 0 Å². The molecular formula is C13H14O3. The molecule has 1 saturated carbocycles. The van der Waals surface area contributed by atoms with Crippen molar-refractivity contribution < 1.29 is 14.3 Å². The van der Waals surface area contributed by atoms with E-state index in [4.69, 9.17) is 12.8 Å². The molecule has 0 aromatic rings. The SMILES string of the molecule is C#CCC1(C#C)CCC(=O)C(C(=O)OC)C1. The van der Waals surface area contributed by atoms with Crippen LogP contribution in [-0.4, -0.2) is 18.9 Å². The van der Waals surface area contributed by atoms with E-state index in [0.717, 1.165) is 0 Å². The third-order valence-electron chi connectivity index (χ3n) is 3.07. The molecule has 1 fully saturated rings. The van der Waals surface area contributed by atoms with Gasteiger partial charge in [0.2, 0.25) is 0 Å². The quantitative estimate of drug-likeness (QED) is 0.397. The predicted octanol–water partition coefficient (Wildman–Crippen LogP) is 1.17. The van der Waals surface area contributed by atoms with Crippen molar-refractivity contribution in [2.45, 2.75) is 25.7 Å². The van der Waals surface area contributed by atoms with Crippen molar-refractivity contribution in [2.24, 2.45) is 11.3 Å². The van der Waals surface area contributed by atoms with Gasteiger partial charge in [-0.15, -0.1) is 18.8 Å². The van der Waals surface area contributed by atoms with Gasteiger partial charge in [0.1, 0.15) is 11.7 Å². The number of hydrogen-bond donors (Lipinski definition) is 0. The number of terminal acetylenes is 2. The van der Waals surface area contributed by atoms with Crippen molar-refractivity contribution in [1.82, 2.24) is 0 Å². The lowest BCUT2D eigenvalue weighted by Gasteiger charge is -2.33. The molecule has 0 N–H and O–H groups in total. The van der Waals surface area contributed by atoms with Gasteiger partial charge in [0.15, 0.2) is 0 Å². The Bertz CT molecular complexity index is 375. The van der Waals surface area contributed by atoms with Crippen LogP contribution in [0.2, 0.25) is 0 Å². The van der Waals surface area contributed by atoms with Crippen molar-refractivity contribution in [2.75, 3.05) is 7.11 Å². The lowest BCUT2D eigenvalue weighted by atomic mass is 9.68. The lowest BCUT2D eigenvalue weighted by Crippen LogP contribution is -2.37. The Labute approximate surface area is 95.5 Å². The van der Waals surface area contributed by atoms with Crippen LogP contribution in [0.5, 0.6) is 0 Å². The summed E-state index contributed by atoms with van der Waals surface area (Å²) < 4.78 is 4.60. The second-order valence-corrected chi connectivity index (χ2v) is 4.05. The zero-order chi connectivity index (χ0) is 12.2. The standard InChI is InChI=1S/C13H14O3/c1-4-7-13(5-2)8-6-11(14)10(9-13)12(15)16-3/h1-2,10H,6-9H2,3H3. The number of methoxy groups -OCH3 is 1. The minimum absolute atomic E-state index is 0.102. The fourth-order valence-corrected chi connectivity index (χ4v) is 2.04. The number of Topliss-reactive ketones (excluding diaryl/α,β-unsaturated/α-hetero) is 1. The summed E-state index contributed by atoms with van der Waals surface area (Å²) in [7, 11) is 1.27. The number of carbonyl (C=O) groups excluding carboxylic acids is 2. The van der Waals surface area contributed by atoms with Crippen LogP contribution in [0.1, 0.15) is 25.7 Å². The minimum atomic E-state index is -0.747. The van der Waals surface area contributed by atoms with Gasteiger partial charge in [-0.25, -0.2) is 0 Å². The highest BCUT2D eigenvalue weighted by Crippen LogP contribution is 2.40. The molecule has 0 heterocycles. The molecule has 84 valence electrons. The first kappa shape index (κ1) is 12.3. The molecule has 1 aliphatic rings. The van der Waals surface area contributed by atoms with E-state index in [1.807, 2.05) is 0 Å². The summed E-state index contributed by atoms with van der Waals surface area (Å²) in [5.74, 6) is 3.80. The summed E-state index contributed by atoms with van der Waals surface area (Å²) >= 11 is 0. The van der Waals surface area contributed by atoms with Gasteiger partial charge in [0.25, 0.3) is 0 Å². The second kappa shape index (κ2) is 4.86. The fraction of sp³-hybridized carbons (Fsp3) is 0.538. The Balaban J connectivity index is 2.90. The monoisotopic (exact) mass is 218 g/mol. The van der Waals surface area contributed by atoms with Crippen molar-refractivity contribution in [1.29, 1.82) is 0 Å². The third-order valence-corrected chi connectivity index (χ3v) is 3.07. The van der Waals surface area contributed by atoms with E-state index >= 15 is 0 Å². The summed E-state index contributed by atoms with van der Waals surface area (Å²) in [6.45, 7) is 0. The predicted molar refractivity (Wildman–Crippen MR) is 59.1 cm³/mol. The van der Waals surface area contributed by atoms with E-state index in [2.05, 4.69) is 16.6 Å². The number of rotatable bonds is 2. The number of ketones is 1. The highest BCUT2D eigenvalue weighted by Gasteiger charge is 2.42. The van der Waals surface area contributed by atoms with Gasteiger partial charge in [-0.05, 0) is 12.8 Å². The van der Waals surface area contributed by atoms with Crippen LogP contribution in [0.15, 0.2) is 0 Å². The maximum Gasteiger partial charge on any atom is 0.316 e. The van der Waals surface area contributed by atoms with Crippen LogP contribution in [0.25, 0.3) is 0 Å². The number of hydrogen-bond acceptors (Lipinski definition) is 3. The highest BCUT2D eigenvalue weighted by molar-refractivity contribution is 5.99. The van der Waals surface area contributed by atoms with Crippen LogP contribution in [0.4, 0.5) is 0 Å². The van der Waals surface area contributed by atoms with E-state index in [0.29, 0.717) is 25.7 Å². The maximum atomic E-state index is 11.6. The van der Waals surface area contributed by atoms with Gasteiger partial charge in [-0.3, -0.25) is 9.59 Å². The van der Waals surface area contributed by atoms with Gasteiger partial charge in [-0.2, -0.15) is 0 Å². The smallest absolute Gasteiger partial charge is 0.316 e. The second-order valence-electron chi connectivity index (χ2n) is 4.05. The molecule has 2 atom stereocenters. The topological polar surface area (TPSA) is 43.4 Å². The molecule has 0 bridgehead atoms. The molecule has 0 radical (unpaired) electrons. The summed E-state index contributed by atoms with van der Waals surface area (Å²) in [6.07, 6.45) is 12.3. The van der Waals surface area contributed by atoms with E-state index in [9.17, 15) is 9.59 Å². The Morgan fingerprint density at radius 3 is 2.81 bits per heavy atom. The fourth-order valence-electron chi connectivity index (χ4n) is 2.04. The zero-order valence-electron chi connectivity index (χ0n) is 9.29. The van der Waals surface area contributed by atoms with Crippen LogP contribution in [-0.2, 0) is 14.3 Å². The van der Waals surface area contributed by atoms with Gasteiger partial charge < -0.3 is 4.74 Å². The first-order chi connectivity index (χ1) is 7.58. The first-order valence-corrected chi connectivity index (χ1v) is 5.10. The molecule has 0 aromatic heterocycles. The molecule has 0 aliphatic heterocycles. The number of esters is 1. The van der Waals surface area contributed by atoms with Crippen LogP contribution < -0.4 is 0 Å². The molecule has 3 nitrogen and oxygen atoms in total. The molecule has 0 spiro atoms. The Kier molecular flexibility index (Phi) is 3.74. The average Bonchev–Trinajstić information content (AvgIpc) is 2.31. The molecule has 1 aliphatic carbocycles. The Morgan fingerprint density at radius 2 is 2.31 bits per heavy atom. The summed E-state index contributed by atoms with van der Waals surface area (Å²) in [4.78, 5) is 23.0. The normalized spacial score (nSPS) is 28.9. The minimum Gasteiger partial charge on any atom is -0.468 e. The molecule has 0 aromatic carbocycles. The molecular weight excluding hydrogens is 204 g/mol. The summed E-state index contributed by atoms with van der Waals surface area (Å²) in [5.41, 5.74) is -0.526. The first-order valence-electron chi connectivity index (χ1n) is 5.10. The van der Waals surface area contributed by atoms with E-state index in [1.165, 1.54) is 7.11 Å². The third kappa shape index (κ3) is 2.25. The molecule has 16 heavy (non-hydrogen) atoms. The van der Waals surface area contributed by atoms with Gasteiger partial charge in [-0.1, -0.05) is 5.92 Å². The van der Waals surface area contributed by atoms with Crippen molar-refractivity contribution in [3.63, 3.8) is 0 Å². The van der Waals surface area contributed by atoms with E-state index < -0.39 is 17.3 Å². The molecule has 0 amide bonds. The van der Waals surface area contributed by atoms with E-state index in [-0.39, 0.29) is 5.78 Å². The van der Waals surface area contributed by atoms with Crippen LogP contribution in [0, 0.1) is 36.0 Å². The molecule has 2 unspecified atom stereocenters. The molecule has 1 rings (SSSR count). The Hall–Kier alpha value is -1.74. The largest absolute Gasteiger partial charge is 0.468 e. The molecule has 3 heteroatoms. The van der Waals surface area contributed by atoms with Crippen molar-refractivity contribution in [3.05, 3.63) is 0 Å². The summed E-state index contributed by atoms with van der Waals surface area (Å²) in [5, 5.41) is 0. The molecule has 0 saturated heterocycles. The van der Waals surface area contributed by atoms with Gasteiger partial charge in [0, 0.05) is 18.3 Å². The number of ether oxygens (including phenoxy) is 1. The van der Waals surface area contributed by atoms with E-state index in [1.54, 1.807) is 0 Å². The summed E-state index contributed by atoms with van der Waals surface area (Å²) in [6, 6.07) is 0. The van der Waals surface area contributed by atoms with Gasteiger partial charge in [0.05, 0.1) is 7.11 Å². The highest BCUT2D eigenvalue weighted by atomic mass is 16.5. The average molecular weight is 218 g/mol. The zero-order valence-corrected chi connectivity index (χ0v) is 9.29. The Morgan fingerprint density at radius 1 is 1.62 bits per heavy atom. The van der Waals surface area contributed by atoms with Gasteiger partial charge >= 0.3 is 5.97 Å². The maximum absolute atomic E-state index is 11.6. The lowest BCUT2D eigenvalue weighted by molar-refractivity contribution is -0.152. The van der Waals surface area contributed by atoms with Crippen molar-refractivity contribution >= 4 is 11.8 Å². The number of carbonyl (C=O) groups is 2.